The van der Waals surface area contributed by atoms with E-state index < -0.39 is 0 Å². The lowest BCUT2D eigenvalue weighted by atomic mass is 10.2. The normalized spacial score (nSPS) is 9.53. The highest BCUT2D eigenvalue weighted by Crippen LogP contribution is 2.13. The number of rotatable bonds is 6. The average Bonchev–Trinajstić information content (AvgIpc) is 2.46. The van der Waals surface area contributed by atoms with E-state index >= 15 is 0 Å². The molecule has 4 nitrogen and oxygen atoms in total. The fourth-order valence-corrected chi connectivity index (χ4v) is 1.71. The average molecular weight is 254 g/mol. The second kappa shape index (κ2) is 7.92. The van der Waals surface area contributed by atoms with E-state index in [0.717, 1.165) is 25.3 Å². The number of hydrogen-bond donors (Lipinski definition) is 1. The van der Waals surface area contributed by atoms with Crippen molar-refractivity contribution < 1.29 is 0 Å². The highest BCUT2D eigenvalue weighted by Gasteiger charge is 2.01. The van der Waals surface area contributed by atoms with Gasteiger partial charge in [0.25, 0.3) is 0 Å². The van der Waals surface area contributed by atoms with Gasteiger partial charge in [-0.25, -0.2) is 0 Å². The Morgan fingerprint density at radius 2 is 1.95 bits per heavy atom. The van der Waals surface area contributed by atoms with Crippen LogP contribution in [0.1, 0.15) is 19.4 Å². The Labute approximate surface area is 114 Å². The molecule has 98 valence electrons. The van der Waals surface area contributed by atoms with Crippen molar-refractivity contribution in [1.82, 2.24) is 4.90 Å². The number of nitrogens with one attached hydrogen (secondary N) is 1. The van der Waals surface area contributed by atoms with Crippen LogP contribution < -0.4 is 5.32 Å². The van der Waals surface area contributed by atoms with Crippen LogP contribution in [0.5, 0.6) is 0 Å². The quantitative estimate of drug-likeness (QED) is 0.793. The smallest absolute Gasteiger partial charge is 0.145 e. The number of allylic oxidation sites excluding steroid dienone is 1. The maximum atomic E-state index is 8.65. The predicted molar refractivity (Wildman–Crippen MR) is 76.0 cm³/mol. The third-order valence-corrected chi connectivity index (χ3v) is 2.85. The second-order valence-corrected chi connectivity index (χ2v) is 4.09. The molecule has 0 unspecified atom stereocenters. The van der Waals surface area contributed by atoms with E-state index in [1.54, 1.807) is 0 Å². The van der Waals surface area contributed by atoms with E-state index in [0.29, 0.717) is 0 Å². The van der Waals surface area contributed by atoms with Crippen molar-refractivity contribution >= 4 is 5.69 Å². The van der Waals surface area contributed by atoms with Gasteiger partial charge in [-0.3, -0.25) is 4.90 Å². The Kier molecular flexibility index (Phi) is 6.15. The van der Waals surface area contributed by atoms with Crippen LogP contribution in [0.2, 0.25) is 0 Å². The van der Waals surface area contributed by atoms with Gasteiger partial charge in [-0.15, -0.1) is 0 Å². The van der Waals surface area contributed by atoms with Crippen LogP contribution in [-0.2, 0) is 6.54 Å². The van der Waals surface area contributed by atoms with E-state index in [-0.39, 0.29) is 5.57 Å². The minimum absolute atomic E-state index is 0.0640. The topological polar surface area (TPSA) is 62.9 Å². The molecule has 0 spiro atoms. The van der Waals surface area contributed by atoms with Crippen LogP contribution in [0.4, 0.5) is 5.69 Å². The SMILES string of the molecule is CCN(CC)Cc1cccc(NC=C(C#N)C#N)c1. The molecule has 19 heavy (non-hydrogen) atoms. The molecule has 4 heteroatoms. The standard InChI is InChI=1S/C15H18N4/c1-3-19(4-2)12-13-6-5-7-15(8-13)18-11-14(9-16)10-17/h5-8,11,18H,3-4,12H2,1-2H3. The first-order chi connectivity index (χ1) is 9.23. The molecule has 0 aliphatic rings. The lowest BCUT2D eigenvalue weighted by Crippen LogP contribution is -2.22. The van der Waals surface area contributed by atoms with Gasteiger partial charge >= 0.3 is 0 Å². The third-order valence-electron chi connectivity index (χ3n) is 2.85. The van der Waals surface area contributed by atoms with E-state index in [1.165, 1.54) is 11.8 Å². The molecule has 1 rings (SSSR count). The molecule has 0 atom stereocenters. The monoisotopic (exact) mass is 254 g/mol. The van der Waals surface area contributed by atoms with Crippen molar-refractivity contribution in [2.24, 2.45) is 0 Å². The fraction of sp³-hybridized carbons (Fsp3) is 0.333. The van der Waals surface area contributed by atoms with Crippen LogP contribution in [-0.4, -0.2) is 18.0 Å². The number of benzene rings is 1. The molecule has 0 amide bonds. The summed E-state index contributed by atoms with van der Waals surface area (Å²) in [5.74, 6) is 0. The highest BCUT2D eigenvalue weighted by atomic mass is 15.1. The maximum absolute atomic E-state index is 8.65. The summed E-state index contributed by atoms with van der Waals surface area (Å²) >= 11 is 0. The molecular formula is C15H18N4. The number of hydrogen-bond acceptors (Lipinski definition) is 4. The third kappa shape index (κ3) is 4.83. The van der Waals surface area contributed by atoms with E-state index in [1.807, 2.05) is 30.3 Å². The molecule has 0 heterocycles. The van der Waals surface area contributed by atoms with E-state index in [9.17, 15) is 0 Å². The van der Waals surface area contributed by atoms with Crippen LogP contribution in [0.15, 0.2) is 36.0 Å². The first-order valence-electron chi connectivity index (χ1n) is 6.31. The molecule has 0 fully saturated rings. The second-order valence-electron chi connectivity index (χ2n) is 4.09. The molecule has 1 aromatic rings. The van der Waals surface area contributed by atoms with Crippen LogP contribution in [0, 0.1) is 22.7 Å². The van der Waals surface area contributed by atoms with Gasteiger partial charge in [0.1, 0.15) is 17.7 Å². The van der Waals surface area contributed by atoms with E-state index in [2.05, 4.69) is 30.1 Å². The molecule has 0 bridgehead atoms. The largest absolute Gasteiger partial charge is 0.360 e. The Bertz CT molecular complexity index is 500. The highest BCUT2D eigenvalue weighted by molar-refractivity contribution is 5.50. The molecule has 0 aliphatic heterocycles. The Balaban J connectivity index is 2.76. The van der Waals surface area contributed by atoms with Gasteiger partial charge in [-0.05, 0) is 30.8 Å². The fourth-order valence-electron chi connectivity index (χ4n) is 1.71. The Morgan fingerprint density at radius 1 is 1.26 bits per heavy atom. The van der Waals surface area contributed by atoms with Gasteiger partial charge in [0.05, 0.1) is 0 Å². The zero-order valence-electron chi connectivity index (χ0n) is 11.3. The number of nitrogens with zero attached hydrogens (tertiary/aromatic N) is 3. The van der Waals surface area contributed by atoms with Crippen molar-refractivity contribution in [2.75, 3.05) is 18.4 Å². The summed E-state index contributed by atoms with van der Waals surface area (Å²) in [6, 6.07) is 11.6. The van der Waals surface area contributed by atoms with Crippen molar-refractivity contribution in [1.29, 1.82) is 10.5 Å². The van der Waals surface area contributed by atoms with Gasteiger partial charge in [-0.1, -0.05) is 26.0 Å². The zero-order chi connectivity index (χ0) is 14.1. The zero-order valence-corrected chi connectivity index (χ0v) is 11.3. The van der Waals surface area contributed by atoms with Crippen molar-refractivity contribution in [3.8, 4) is 12.1 Å². The Morgan fingerprint density at radius 3 is 2.53 bits per heavy atom. The molecule has 0 saturated carbocycles. The Hall–Kier alpha value is -2.30. The number of anilines is 1. The summed E-state index contributed by atoms with van der Waals surface area (Å²) < 4.78 is 0. The van der Waals surface area contributed by atoms with E-state index in [4.69, 9.17) is 10.5 Å². The van der Waals surface area contributed by atoms with Crippen molar-refractivity contribution in [2.45, 2.75) is 20.4 Å². The first kappa shape index (κ1) is 14.8. The molecule has 1 N–H and O–H groups in total. The maximum Gasteiger partial charge on any atom is 0.145 e. The van der Waals surface area contributed by atoms with Gasteiger partial charge in [0.2, 0.25) is 0 Å². The summed E-state index contributed by atoms with van der Waals surface area (Å²) in [5, 5.41) is 20.3. The molecule has 0 radical (unpaired) electrons. The lowest BCUT2D eigenvalue weighted by molar-refractivity contribution is 0.296. The predicted octanol–water partition coefficient (Wildman–Crippen LogP) is 2.87. The van der Waals surface area contributed by atoms with Gasteiger partial charge < -0.3 is 5.32 Å². The summed E-state index contributed by atoms with van der Waals surface area (Å²) in [7, 11) is 0. The van der Waals surface area contributed by atoms with Crippen molar-refractivity contribution in [3.05, 3.63) is 41.6 Å². The summed E-state index contributed by atoms with van der Waals surface area (Å²) in [4.78, 5) is 2.32. The molecule has 1 aromatic carbocycles. The summed E-state index contributed by atoms with van der Waals surface area (Å²) in [6.07, 6.45) is 1.43. The molecular weight excluding hydrogens is 236 g/mol. The molecule has 0 aliphatic carbocycles. The van der Waals surface area contributed by atoms with Crippen LogP contribution in [0.3, 0.4) is 0 Å². The van der Waals surface area contributed by atoms with Gasteiger partial charge in [-0.2, -0.15) is 10.5 Å². The lowest BCUT2D eigenvalue weighted by Gasteiger charge is -2.18. The minimum atomic E-state index is 0.0640. The molecule has 0 aromatic heterocycles. The first-order valence-corrected chi connectivity index (χ1v) is 6.31. The summed E-state index contributed by atoms with van der Waals surface area (Å²) in [6.45, 7) is 7.21. The summed E-state index contributed by atoms with van der Waals surface area (Å²) in [5.41, 5.74) is 2.15. The molecule has 0 saturated heterocycles. The minimum Gasteiger partial charge on any atom is -0.360 e. The van der Waals surface area contributed by atoms with Crippen molar-refractivity contribution in [3.63, 3.8) is 0 Å². The van der Waals surface area contributed by atoms with Crippen LogP contribution >= 0.6 is 0 Å². The van der Waals surface area contributed by atoms with Gasteiger partial charge in [0.15, 0.2) is 0 Å². The number of nitriles is 2. The van der Waals surface area contributed by atoms with Crippen LogP contribution in [0.25, 0.3) is 0 Å². The van der Waals surface area contributed by atoms with Gasteiger partial charge in [0, 0.05) is 18.4 Å².